The molecule has 0 saturated heterocycles. The van der Waals surface area contributed by atoms with E-state index in [9.17, 15) is 4.79 Å². The van der Waals surface area contributed by atoms with Gasteiger partial charge in [0.05, 0.1) is 7.11 Å². The van der Waals surface area contributed by atoms with Gasteiger partial charge in [-0.25, -0.2) is 4.79 Å². The smallest absolute Gasteiger partial charge is 0.353 e. The maximum Gasteiger partial charge on any atom is 0.353 e. The number of aliphatic carboxylic acids is 1. The molecule has 0 radical (unpaired) electrons. The lowest BCUT2D eigenvalue weighted by molar-refractivity contribution is -0.129. The van der Waals surface area contributed by atoms with E-state index in [1.807, 2.05) is 12.1 Å². The van der Waals surface area contributed by atoms with Crippen LogP contribution in [-0.4, -0.2) is 23.9 Å². The van der Waals surface area contributed by atoms with Crippen molar-refractivity contribution >= 4 is 11.7 Å². The van der Waals surface area contributed by atoms with Crippen molar-refractivity contribution in [3.63, 3.8) is 0 Å². The number of carbonyl (C=O) groups is 1. The third-order valence-electron chi connectivity index (χ3n) is 2.40. The molecule has 1 atom stereocenters. The molecule has 0 bridgehead atoms. The van der Waals surface area contributed by atoms with E-state index in [-0.39, 0.29) is 11.8 Å². The maximum absolute atomic E-state index is 10.6. The summed E-state index contributed by atoms with van der Waals surface area (Å²) in [6.07, 6.45) is -0.0150. The minimum absolute atomic E-state index is 0.0563. The van der Waals surface area contributed by atoms with Crippen LogP contribution in [0.15, 0.2) is 29.4 Å². The number of oxime groups is 1. The summed E-state index contributed by atoms with van der Waals surface area (Å²) in [5, 5.41) is 12.3. The van der Waals surface area contributed by atoms with Gasteiger partial charge in [-0.2, -0.15) is 0 Å². The van der Waals surface area contributed by atoms with E-state index < -0.39 is 5.97 Å². The van der Waals surface area contributed by atoms with Gasteiger partial charge in [0.15, 0.2) is 11.8 Å². The second-order valence-electron chi connectivity index (χ2n) is 3.41. The van der Waals surface area contributed by atoms with Gasteiger partial charge in [0, 0.05) is 6.42 Å². The highest BCUT2D eigenvalue weighted by molar-refractivity contribution is 6.35. The first-order valence-corrected chi connectivity index (χ1v) is 4.80. The lowest BCUT2D eigenvalue weighted by atomic mass is 10.0. The average molecular weight is 221 g/mol. The fraction of sp³-hybridized carbons (Fsp3) is 0.273. The van der Waals surface area contributed by atoms with E-state index in [2.05, 4.69) is 5.16 Å². The first-order chi connectivity index (χ1) is 7.70. The third-order valence-corrected chi connectivity index (χ3v) is 2.40. The summed E-state index contributed by atoms with van der Waals surface area (Å²) in [7, 11) is 1.59. The molecule has 0 amide bonds. The van der Waals surface area contributed by atoms with Gasteiger partial charge in [-0.3, -0.25) is 0 Å². The number of carboxylic acids is 1. The van der Waals surface area contributed by atoms with Gasteiger partial charge in [-0.1, -0.05) is 17.3 Å². The van der Waals surface area contributed by atoms with Gasteiger partial charge in [-0.05, 0) is 17.7 Å². The van der Waals surface area contributed by atoms with Gasteiger partial charge in [0.2, 0.25) is 0 Å². The molecular weight excluding hydrogens is 210 g/mol. The van der Waals surface area contributed by atoms with Crippen LogP contribution < -0.4 is 4.74 Å². The summed E-state index contributed by atoms with van der Waals surface area (Å²) in [5.41, 5.74) is 0.946. The van der Waals surface area contributed by atoms with E-state index in [1.54, 1.807) is 19.2 Å². The molecule has 16 heavy (non-hydrogen) atoms. The molecular formula is C11H11NO4. The molecule has 84 valence electrons. The maximum atomic E-state index is 10.6. The molecule has 0 aliphatic carbocycles. The second-order valence-corrected chi connectivity index (χ2v) is 3.41. The molecule has 2 rings (SSSR count). The van der Waals surface area contributed by atoms with Crippen molar-refractivity contribution in [2.24, 2.45) is 5.16 Å². The molecule has 0 aromatic heterocycles. The summed E-state index contributed by atoms with van der Waals surface area (Å²) in [5.74, 6) is -0.280. The Morgan fingerprint density at radius 2 is 2.19 bits per heavy atom. The van der Waals surface area contributed by atoms with Gasteiger partial charge < -0.3 is 14.7 Å². The summed E-state index contributed by atoms with van der Waals surface area (Å²) >= 11 is 0. The lowest BCUT2D eigenvalue weighted by Gasteiger charge is -2.08. The molecule has 1 N–H and O–H groups in total. The second kappa shape index (κ2) is 4.22. The molecule has 1 heterocycles. The van der Waals surface area contributed by atoms with Gasteiger partial charge in [0.1, 0.15) is 5.75 Å². The molecule has 0 fully saturated rings. The molecule has 1 aromatic carbocycles. The zero-order valence-corrected chi connectivity index (χ0v) is 8.71. The van der Waals surface area contributed by atoms with Crippen molar-refractivity contribution in [3.8, 4) is 5.75 Å². The van der Waals surface area contributed by atoms with Crippen LogP contribution in [0.3, 0.4) is 0 Å². The SMILES string of the molecule is COc1ccc([C@H]2CC(C(=O)O)=NO2)cc1. The Morgan fingerprint density at radius 1 is 1.50 bits per heavy atom. The van der Waals surface area contributed by atoms with Crippen molar-refractivity contribution in [1.29, 1.82) is 0 Å². The minimum atomic E-state index is -1.03. The highest BCUT2D eigenvalue weighted by Crippen LogP contribution is 2.28. The summed E-state index contributed by atoms with van der Waals surface area (Å²) in [6, 6.07) is 7.28. The van der Waals surface area contributed by atoms with Crippen molar-refractivity contribution in [2.75, 3.05) is 7.11 Å². The van der Waals surface area contributed by atoms with E-state index in [1.165, 1.54) is 0 Å². The molecule has 0 saturated carbocycles. The fourth-order valence-corrected chi connectivity index (χ4v) is 1.50. The first kappa shape index (κ1) is 10.5. The largest absolute Gasteiger partial charge is 0.497 e. The predicted molar refractivity (Wildman–Crippen MR) is 56.5 cm³/mol. The van der Waals surface area contributed by atoms with Gasteiger partial charge >= 0.3 is 5.97 Å². The van der Waals surface area contributed by atoms with Crippen molar-refractivity contribution < 1.29 is 19.5 Å². The Kier molecular flexibility index (Phi) is 2.76. The number of carboxylic acid groups (broad SMARTS) is 1. The molecule has 0 spiro atoms. The average Bonchev–Trinajstić information content (AvgIpc) is 2.78. The van der Waals surface area contributed by atoms with E-state index in [0.717, 1.165) is 11.3 Å². The van der Waals surface area contributed by atoms with Gasteiger partial charge in [-0.15, -0.1) is 0 Å². The van der Waals surface area contributed by atoms with Crippen LogP contribution in [0, 0.1) is 0 Å². The lowest BCUT2D eigenvalue weighted by Crippen LogP contribution is -2.11. The van der Waals surface area contributed by atoms with Crippen molar-refractivity contribution in [1.82, 2.24) is 0 Å². The van der Waals surface area contributed by atoms with E-state index in [0.29, 0.717) is 6.42 Å². The van der Waals surface area contributed by atoms with Crippen molar-refractivity contribution in [2.45, 2.75) is 12.5 Å². The zero-order chi connectivity index (χ0) is 11.5. The molecule has 1 aromatic rings. The number of hydrogen-bond donors (Lipinski definition) is 1. The third kappa shape index (κ3) is 1.98. The summed E-state index contributed by atoms with van der Waals surface area (Å²) < 4.78 is 5.03. The Hall–Kier alpha value is -2.04. The minimum Gasteiger partial charge on any atom is -0.497 e. The van der Waals surface area contributed by atoms with Crippen LogP contribution in [0.4, 0.5) is 0 Å². The number of ether oxygens (including phenoxy) is 1. The number of rotatable bonds is 3. The Labute approximate surface area is 92.3 Å². The molecule has 5 nitrogen and oxygen atoms in total. The molecule has 1 aliphatic heterocycles. The van der Waals surface area contributed by atoms with Crippen LogP contribution in [0.2, 0.25) is 0 Å². The van der Waals surface area contributed by atoms with Gasteiger partial charge in [0.25, 0.3) is 0 Å². The molecule has 0 unspecified atom stereocenters. The van der Waals surface area contributed by atoms with Crippen LogP contribution in [0.5, 0.6) is 5.75 Å². The Balaban J connectivity index is 2.07. The Bertz CT molecular complexity index is 424. The number of benzene rings is 1. The quantitative estimate of drug-likeness (QED) is 0.841. The van der Waals surface area contributed by atoms with Crippen molar-refractivity contribution in [3.05, 3.63) is 29.8 Å². The zero-order valence-electron chi connectivity index (χ0n) is 8.71. The highest BCUT2D eigenvalue weighted by Gasteiger charge is 2.26. The van der Waals surface area contributed by atoms with Crippen LogP contribution in [0.25, 0.3) is 0 Å². The molecule has 5 heteroatoms. The van der Waals surface area contributed by atoms with E-state index >= 15 is 0 Å². The monoisotopic (exact) mass is 221 g/mol. The topological polar surface area (TPSA) is 68.1 Å². The summed E-state index contributed by atoms with van der Waals surface area (Å²) in [6.45, 7) is 0. The number of hydrogen-bond acceptors (Lipinski definition) is 4. The first-order valence-electron chi connectivity index (χ1n) is 4.80. The highest BCUT2D eigenvalue weighted by atomic mass is 16.6. The number of nitrogens with zero attached hydrogens (tertiary/aromatic N) is 1. The summed E-state index contributed by atoms with van der Waals surface area (Å²) in [4.78, 5) is 15.7. The normalized spacial score (nSPS) is 18.8. The van der Waals surface area contributed by atoms with E-state index in [4.69, 9.17) is 14.7 Å². The van der Waals surface area contributed by atoms with Crippen LogP contribution in [0.1, 0.15) is 18.1 Å². The standard InChI is InChI=1S/C11H11NO4/c1-15-8-4-2-7(3-5-8)10-6-9(11(13)14)12-16-10/h2-5,10H,6H2,1H3,(H,13,14)/t10-/m1/s1. The Morgan fingerprint density at radius 3 is 2.69 bits per heavy atom. The fourth-order valence-electron chi connectivity index (χ4n) is 1.50. The van der Waals surface area contributed by atoms with Crippen LogP contribution in [-0.2, 0) is 9.63 Å². The predicted octanol–water partition coefficient (Wildman–Crippen LogP) is 1.60. The molecule has 1 aliphatic rings. The van der Waals surface area contributed by atoms with Crippen LogP contribution >= 0.6 is 0 Å². The number of methoxy groups -OCH3 is 1.